The average Bonchev–Trinajstić information content (AvgIpc) is 2.62. The molecule has 4 N–H and O–H groups in total. The highest BCUT2D eigenvalue weighted by atomic mass is 35.5. The lowest BCUT2D eigenvalue weighted by Crippen LogP contribution is -2.33. The molecule has 0 aromatic carbocycles. The highest BCUT2D eigenvalue weighted by Gasteiger charge is 2.16. The van der Waals surface area contributed by atoms with Crippen LogP contribution in [0, 0.1) is 6.92 Å². The second kappa shape index (κ2) is 7.31. The molecule has 0 saturated heterocycles. The molecule has 0 radical (unpaired) electrons. The van der Waals surface area contributed by atoms with Crippen LogP contribution in [0.2, 0.25) is 5.02 Å². The Morgan fingerprint density at radius 2 is 2.04 bits per heavy atom. The normalized spacial score (nSPS) is 11.0. The third kappa shape index (κ3) is 3.67. The Hall–Kier alpha value is -3.40. The van der Waals surface area contributed by atoms with Gasteiger partial charge in [0.1, 0.15) is 5.75 Å². The van der Waals surface area contributed by atoms with Gasteiger partial charge >= 0.3 is 5.69 Å². The van der Waals surface area contributed by atoms with Crippen molar-refractivity contribution in [3.05, 3.63) is 55.4 Å². The van der Waals surface area contributed by atoms with E-state index in [9.17, 15) is 14.7 Å². The summed E-state index contributed by atoms with van der Waals surface area (Å²) in [6.07, 6.45) is 1.36. The maximum absolute atomic E-state index is 12.0. The topological polar surface area (TPSA) is 149 Å². The molecule has 3 heterocycles. The highest BCUT2D eigenvalue weighted by molar-refractivity contribution is 6.32. The molecule has 3 rings (SSSR count). The van der Waals surface area contributed by atoms with Gasteiger partial charge in [-0.3, -0.25) is 9.78 Å². The Morgan fingerprint density at radius 3 is 2.68 bits per heavy atom. The molecule has 0 aliphatic carbocycles. The van der Waals surface area contributed by atoms with Gasteiger partial charge in [0.05, 0.1) is 16.9 Å². The molecule has 0 spiro atoms. The standard InChI is InChI=1S/C17H17ClN6O4/c1-7(2)10-4-9(6-20-15(10)25)28-13-8(3)21-12(5-11(13)18)24-17(27)22-16(26)14(19)23-24/h4-7H,1-3H3,(H2,19,23)(H,20,25)(H,22,26,27). The maximum Gasteiger partial charge on any atom is 0.351 e. The molecule has 3 aromatic heterocycles. The summed E-state index contributed by atoms with van der Waals surface area (Å²) >= 11 is 6.31. The van der Waals surface area contributed by atoms with E-state index in [1.54, 1.807) is 13.0 Å². The molecule has 10 nitrogen and oxygen atoms in total. The Bertz CT molecular complexity index is 1150. The third-order valence-corrected chi connectivity index (χ3v) is 4.15. The van der Waals surface area contributed by atoms with E-state index in [0.29, 0.717) is 17.0 Å². The maximum atomic E-state index is 12.0. The first-order valence-corrected chi connectivity index (χ1v) is 8.58. The van der Waals surface area contributed by atoms with Crippen molar-refractivity contribution >= 4 is 17.4 Å². The predicted octanol–water partition coefficient (Wildman–Crippen LogP) is 1.88. The number of H-pyrrole nitrogens is 1. The molecule has 146 valence electrons. The zero-order valence-electron chi connectivity index (χ0n) is 15.2. The Kier molecular flexibility index (Phi) is 5.06. The molecule has 0 fully saturated rings. The number of rotatable bonds is 4. The van der Waals surface area contributed by atoms with Crippen LogP contribution in [0.5, 0.6) is 17.4 Å². The minimum Gasteiger partial charge on any atom is -0.493 e. The number of nitrogens with two attached hydrogens (primary N) is 1. The first-order chi connectivity index (χ1) is 13.2. The summed E-state index contributed by atoms with van der Waals surface area (Å²) in [5.41, 5.74) is 4.85. The fourth-order valence-corrected chi connectivity index (χ4v) is 2.73. The van der Waals surface area contributed by atoms with Crippen LogP contribution in [-0.4, -0.2) is 29.8 Å². The van der Waals surface area contributed by atoms with Gasteiger partial charge in [-0.2, -0.15) is 4.68 Å². The zero-order valence-corrected chi connectivity index (χ0v) is 16.0. The molecule has 0 saturated carbocycles. The predicted molar refractivity (Wildman–Crippen MR) is 102 cm³/mol. The van der Waals surface area contributed by atoms with E-state index in [4.69, 9.17) is 22.1 Å². The zero-order chi connectivity index (χ0) is 20.6. The van der Waals surface area contributed by atoms with E-state index in [1.807, 2.05) is 18.8 Å². The number of nitrogens with one attached hydrogen (secondary N) is 1. The third-order valence-electron chi connectivity index (χ3n) is 3.87. The molecule has 11 heteroatoms. The molecule has 3 aromatic rings. The molecule has 28 heavy (non-hydrogen) atoms. The van der Waals surface area contributed by atoms with E-state index >= 15 is 0 Å². The number of ether oxygens (including phenoxy) is 1. The summed E-state index contributed by atoms with van der Waals surface area (Å²) in [4.78, 5) is 33.5. The first-order valence-electron chi connectivity index (χ1n) is 8.20. The summed E-state index contributed by atoms with van der Waals surface area (Å²) in [7, 11) is 0. The molecule has 0 amide bonds. The van der Waals surface area contributed by atoms with Crippen molar-refractivity contribution < 1.29 is 9.84 Å². The van der Waals surface area contributed by atoms with Gasteiger partial charge in [-0.1, -0.05) is 25.4 Å². The number of anilines is 1. The van der Waals surface area contributed by atoms with Crippen LogP contribution < -0.4 is 21.7 Å². The average molecular weight is 405 g/mol. The minimum atomic E-state index is -0.805. The van der Waals surface area contributed by atoms with Crippen LogP contribution in [0.15, 0.2) is 27.9 Å². The van der Waals surface area contributed by atoms with E-state index in [2.05, 4.69) is 15.1 Å². The van der Waals surface area contributed by atoms with Crippen molar-refractivity contribution in [2.75, 3.05) is 5.73 Å². The number of aromatic nitrogens is 5. The largest absolute Gasteiger partial charge is 0.493 e. The number of nitrogen functional groups attached to an aromatic ring is 1. The van der Waals surface area contributed by atoms with Gasteiger partial charge in [-0.05, 0) is 18.9 Å². The van der Waals surface area contributed by atoms with Gasteiger partial charge in [0.15, 0.2) is 11.6 Å². The van der Waals surface area contributed by atoms with Gasteiger partial charge in [0.2, 0.25) is 11.7 Å². The number of hydrogen-bond donors (Lipinski definition) is 3. The molecule has 0 atom stereocenters. The molecule has 0 aliphatic rings. The van der Waals surface area contributed by atoms with Crippen molar-refractivity contribution in [3.63, 3.8) is 0 Å². The van der Waals surface area contributed by atoms with Crippen molar-refractivity contribution in [1.82, 2.24) is 24.7 Å². The number of aryl methyl sites for hydroxylation is 1. The summed E-state index contributed by atoms with van der Waals surface area (Å²) in [5, 5.41) is 13.7. The number of hydrogen-bond acceptors (Lipinski definition) is 8. The van der Waals surface area contributed by atoms with Crippen LogP contribution in [-0.2, 0) is 0 Å². The molecule has 0 aliphatic heterocycles. The van der Waals surface area contributed by atoms with E-state index in [1.165, 1.54) is 12.3 Å². The first kappa shape index (κ1) is 19.4. The van der Waals surface area contributed by atoms with E-state index in [0.717, 1.165) is 4.68 Å². The fourth-order valence-electron chi connectivity index (χ4n) is 2.46. The van der Waals surface area contributed by atoms with Gasteiger partial charge in [-0.25, -0.2) is 14.8 Å². The second-order valence-corrected chi connectivity index (χ2v) is 6.68. The van der Waals surface area contributed by atoms with Crippen molar-refractivity contribution in [2.24, 2.45) is 0 Å². The quantitative estimate of drug-likeness (QED) is 0.596. The number of halogens is 1. The molecular weight excluding hydrogens is 388 g/mol. The number of aromatic amines is 1. The van der Waals surface area contributed by atoms with Gasteiger partial charge in [0.25, 0.3) is 5.56 Å². The van der Waals surface area contributed by atoms with Crippen LogP contribution in [0.3, 0.4) is 0 Å². The lowest BCUT2D eigenvalue weighted by molar-refractivity contribution is 0.431. The Morgan fingerprint density at radius 1 is 1.32 bits per heavy atom. The van der Waals surface area contributed by atoms with Crippen LogP contribution in [0.1, 0.15) is 31.0 Å². The van der Waals surface area contributed by atoms with Crippen molar-refractivity contribution in [1.29, 1.82) is 0 Å². The summed E-state index contributed by atoms with van der Waals surface area (Å²) in [6.45, 7) is 5.45. The van der Waals surface area contributed by atoms with E-state index in [-0.39, 0.29) is 34.2 Å². The fraction of sp³-hybridized carbons (Fsp3) is 0.235. The number of pyridine rings is 2. The summed E-state index contributed by atoms with van der Waals surface area (Å²) in [5.74, 6) is 0.264. The number of nitrogens with zero attached hydrogens (tertiary/aromatic N) is 4. The molecule has 0 unspecified atom stereocenters. The summed E-state index contributed by atoms with van der Waals surface area (Å²) in [6, 6.07) is 3.01. The van der Waals surface area contributed by atoms with Gasteiger partial charge in [0, 0.05) is 11.6 Å². The SMILES string of the molecule is Cc1nc(-n2nc(N)c(=O)[nH]c2=O)cc(Cl)c1Oc1cnc(O)c(C(C)C)c1. The van der Waals surface area contributed by atoms with Crippen LogP contribution in [0.4, 0.5) is 5.82 Å². The Balaban J connectivity index is 2.02. The monoisotopic (exact) mass is 404 g/mol. The smallest absolute Gasteiger partial charge is 0.351 e. The van der Waals surface area contributed by atoms with Crippen molar-refractivity contribution in [2.45, 2.75) is 26.7 Å². The van der Waals surface area contributed by atoms with Crippen molar-refractivity contribution in [3.8, 4) is 23.2 Å². The van der Waals surface area contributed by atoms with Crippen LogP contribution >= 0.6 is 11.6 Å². The lowest BCUT2D eigenvalue weighted by Gasteiger charge is -2.14. The second-order valence-electron chi connectivity index (χ2n) is 6.27. The van der Waals surface area contributed by atoms with E-state index < -0.39 is 11.2 Å². The van der Waals surface area contributed by atoms with Gasteiger partial charge < -0.3 is 15.6 Å². The van der Waals surface area contributed by atoms with Gasteiger partial charge in [-0.15, -0.1) is 5.10 Å². The lowest BCUT2D eigenvalue weighted by atomic mass is 10.1. The number of aromatic hydroxyl groups is 1. The minimum absolute atomic E-state index is 0.0387. The molecular formula is C17H17ClN6O4. The van der Waals surface area contributed by atoms with Crippen LogP contribution in [0.25, 0.3) is 5.82 Å². The summed E-state index contributed by atoms with van der Waals surface area (Å²) < 4.78 is 6.62. The molecule has 0 bridgehead atoms. The highest BCUT2D eigenvalue weighted by Crippen LogP contribution is 2.35. The Labute approximate surface area is 163 Å².